The molecule has 152 valence electrons. The van der Waals surface area contributed by atoms with Gasteiger partial charge in [-0.2, -0.15) is 0 Å². The maximum atomic E-state index is 13.3. The number of carbonyl (C=O) groups is 1. The largest absolute Gasteiger partial charge is 0.378 e. The molecule has 0 saturated carbocycles. The quantitative estimate of drug-likeness (QED) is 0.641. The van der Waals surface area contributed by atoms with E-state index in [9.17, 15) is 4.79 Å². The first-order valence-corrected chi connectivity index (χ1v) is 10.3. The molecule has 1 N–H and O–H groups in total. The molecule has 6 nitrogen and oxygen atoms in total. The maximum Gasteiger partial charge on any atom is 0.232 e. The molecule has 1 amide bonds. The van der Waals surface area contributed by atoms with Crippen LogP contribution < -0.4 is 10.2 Å². The van der Waals surface area contributed by atoms with Crippen molar-refractivity contribution in [1.82, 2.24) is 10.2 Å². The summed E-state index contributed by atoms with van der Waals surface area (Å²) < 4.78 is 5.42. The summed E-state index contributed by atoms with van der Waals surface area (Å²) in [6.07, 6.45) is 1.01. The molecule has 2 heterocycles. The molecule has 0 radical (unpaired) electrons. The fraction of sp³-hybridized carbons (Fsp3) is 0.391. The Balaban J connectivity index is 1.51. The number of nitrogens with one attached hydrogen (secondary N) is 1. The van der Waals surface area contributed by atoms with Crippen LogP contribution in [0.25, 0.3) is 0 Å². The number of nitrogens with zero attached hydrogens (tertiary/aromatic N) is 3. The third-order valence-electron chi connectivity index (χ3n) is 5.64. The van der Waals surface area contributed by atoms with Crippen LogP contribution in [0.4, 0.5) is 5.69 Å². The fourth-order valence-electron chi connectivity index (χ4n) is 4.08. The van der Waals surface area contributed by atoms with E-state index in [2.05, 4.69) is 39.5 Å². The third kappa shape index (κ3) is 4.27. The number of fused-ring (bicyclic) bond motifs is 1. The number of aliphatic imine (C=N–C) groups is 1. The van der Waals surface area contributed by atoms with Crippen LogP contribution in [0, 0.1) is 0 Å². The first-order valence-electron chi connectivity index (χ1n) is 10.3. The van der Waals surface area contributed by atoms with Gasteiger partial charge in [0, 0.05) is 38.9 Å². The van der Waals surface area contributed by atoms with Gasteiger partial charge in [-0.15, -0.1) is 0 Å². The molecule has 0 bridgehead atoms. The highest BCUT2D eigenvalue weighted by Gasteiger charge is 2.29. The number of para-hydroxylation sites is 1. The van der Waals surface area contributed by atoms with Crippen molar-refractivity contribution in [2.75, 3.05) is 51.3 Å². The van der Waals surface area contributed by atoms with Crippen molar-refractivity contribution in [1.29, 1.82) is 0 Å². The molecule has 2 aliphatic rings. The molecule has 2 aliphatic heterocycles. The number of hydrogen-bond acceptors (Lipinski definition) is 3. The lowest BCUT2D eigenvalue weighted by molar-refractivity contribution is -0.136. The Hall–Kier alpha value is -2.86. The Morgan fingerprint density at radius 2 is 1.79 bits per heavy atom. The van der Waals surface area contributed by atoms with Crippen molar-refractivity contribution in [2.45, 2.75) is 12.3 Å². The number of ether oxygens (including phenoxy) is 1. The highest BCUT2D eigenvalue weighted by molar-refractivity contribution is 5.98. The first kappa shape index (κ1) is 19.5. The van der Waals surface area contributed by atoms with Crippen LogP contribution in [0.3, 0.4) is 0 Å². The summed E-state index contributed by atoms with van der Waals surface area (Å²) in [5.74, 6) is 0.693. The zero-order valence-electron chi connectivity index (χ0n) is 16.9. The van der Waals surface area contributed by atoms with Crippen LogP contribution in [-0.2, 0) is 16.0 Å². The van der Waals surface area contributed by atoms with Crippen molar-refractivity contribution < 1.29 is 9.53 Å². The van der Waals surface area contributed by atoms with Gasteiger partial charge in [-0.1, -0.05) is 48.5 Å². The Labute approximate surface area is 172 Å². The van der Waals surface area contributed by atoms with E-state index in [-0.39, 0.29) is 11.8 Å². The van der Waals surface area contributed by atoms with Crippen LogP contribution in [0.5, 0.6) is 0 Å². The van der Waals surface area contributed by atoms with E-state index < -0.39 is 0 Å². The van der Waals surface area contributed by atoms with Crippen LogP contribution in [0.15, 0.2) is 59.6 Å². The van der Waals surface area contributed by atoms with Gasteiger partial charge in [-0.3, -0.25) is 9.79 Å². The molecule has 2 aromatic rings. The summed E-state index contributed by atoms with van der Waals surface area (Å²) in [6.45, 7) is 3.91. The summed E-state index contributed by atoms with van der Waals surface area (Å²) in [7, 11) is 1.80. The lowest BCUT2D eigenvalue weighted by Gasteiger charge is -2.31. The van der Waals surface area contributed by atoms with Gasteiger partial charge >= 0.3 is 0 Å². The number of rotatable bonds is 4. The highest BCUT2D eigenvalue weighted by Crippen LogP contribution is 2.27. The molecule has 29 heavy (non-hydrogen) atoms. The number of benzene rings is 2. The second-order valence-corrected chi connectivity index (χ2v) is 7.36. The SMILES string of the molecule is CN=C(NCC(C(=O)N1CCOCC1)c1ccccc1)N1CCc2ccccc21. The van der Waals surface area contributed by atoms with Gasteiger partial charge in [0.15, 0.2) is 5.96 Å². The zero-order valence-corrected chi connectivity index (χ0v) is 16.9. The number of amides is 1. The topological polar surface area (TPSA) is 57.2 Å². The van der Waals surface area contributed by atoms with Gasteiger partial charge in [-0.05, 0) is 23.6 Å². The van der Waals surface area contributed by atoms with Gasteiger partial charge in [0.2, 0.25) is 5.91 Å². The van der Waals surface area contributed by atoms with Crippen LogP contribution in [0.2, 0.25) is 0 Å². The fourth-order valence-corrected chi connectivity index (χ4v) is 4.08. The minimum atomic E-state index is -0.260. The Morgan fingerprint density at radius 1 is 1.07 bits per heavy atom. The lowest BCUT2D eigenvalue weighted by Crippen LogP contribution is -2.47. The van der Waals surface area contributed by atoms with Crippen molar-refractivity contribution >= 4 is 17.6 Å². The molecule has 0 aromatic heterocycles. The molecular weight excluding hydrogens is 364 g/mol. The second kappa shape index (κ2) is 9.09. The number of guanidine groups is 1. The molecule has 2 aromatic carbocycles. The molecule has 1 saturated heterocycles. The van der Waals surface area contributed by atoms with Crippen molar-refractivity contribution in [3.8, 4) is 0 Å². The predicted molar refractivity (Wildman–Crippen MR) is 115 cm³/mol. The summed E-state index contributed by atoms with van der Waals surface area (Å²) in [4.78, 5) is 21.9. The van der Waals surface area contributed by atoms with E-state index in [1.165, 1.54) is 11.3 Å². The molecule has 1 unspecified atom stereocenters. The van der Waals surface area contributed by atoms with E-state index in [4.69, 9.17) is 4.74 Å². The Kier molecular flexibility index (Phi) is 6.10. The van der Waals surface area contributed by atoms with Gasteiger partial charge in [-0.25, -0.2) is 0 Å². The van der Waals surface area contributed by atoms with E-state index in [1.807, 2.05) is 35.2 Å². The maximum absolute atomic E-state index is 13.3. The smallest absolute Gasteiger partial charge is 0.232 e. The average Bonchev–Trinajstić information content (AvgIpc) is 3.22. The number of hydrogen-bond donors (Lipinski definition) is 1. The van der Waals surface area contributed by atoms with Crippen LogP contribution in [0.1, 0.15) is 17.0 Å². The molecule has 0 aliphatic carbocycles. The van der Waals surface area contributed by atoms with Crippen LogP contribution >= 0.6 is 0 Å². The number of carbonyl (C=O) groups excluding carboxylic acids is 1. The van der Waals surface area contributed by atoms with Gasteiger partial charge in [0.25, 0.3) is 0 Å². The Morgan fingerprint density at radius 3 is 2.55 bits per heavy atom. The third-order valence-corrected chi connectivity index (χ3v) is 5.64. The van der Waals surface area contributed by atoms with Crippen molar-refractivity contribution in [3.63, 3.8) is 0 Å². The van der Waals surface area contributed by atoms with Gasteiger partial charge < -0.3 is 19.9 Å². The predicted octanol–water partition coefficient (Wildman–Crippen LogP) is 2.27. The Bertz CT molecular complexity index is 862. The normalized spacial score (nSPS) is 17.8. The first-order chi connectivity index (χ1) is 14.3. The zero-order chi connectivity index (χ0) is 20.1. The van der Waals surface area contributed by atoms with E-state index in [1.54, 1.807) is 7.05 Å². The molecular formula is C23H28N4O2. The molecule has 0 spiro atoms. The van der Waals surface area contributed by atoms with E-state index in [0.717, 1.165) is 24.5 Å². The van der Waals surface area contributed by atoms with Gasteiger partial charge in [0.1, 0.15) is 0 Å². The summed E-state index contributed by atoms with van der Waals surface area (Å²) >= 11 is 0. The summed E-state index contributed by atoms with van der Waals surface area (Å²) in [5, 5.41) is 3.47. The molecule has 6 heteroatoms. The van der Waals surface area contributed by atoms with Gasteiger partial charge in [0.05, 0.1) is 19.1 Å². The molecule has 4 rings (SSSR count). The molecule has 1 fully saturated rings. The molecule has 1 atom stereocenters. The van der Waals surface area contributed by atoms with Crippen molar-refractivity contribution in [3.05, 3.63) is 65.7 Å². The van der Waals surface area contributed by atoms with E-state index in [0.29, 0.717) is 32.8 Å². The summed E-state index contributed by atoms with van der Waals surface area (Å²) in [6, 6.07) is 18.4. The minimum absolute atomic E-state index is 0.143. The summed E-state index contributed by atoms with van der Waals surface area (Å²) in [5.41, 5.74) is 3.55. The average molecular weight is 393 g/mol. The number of morpholine rings is 1. The van der Waals surface area contributed by atoms with E-state index >= 15 is 0 Å². The monoisotopic (exact) mass is 392 g/mol. The van der Waals surface area contributed by atoms with Crippen LogP contribution in [-0.4, -0.2) is 63.2 Å². The number of anilines is 1. The standard InChI is InChI=1S/C23H28N4O2/c1-24-23(27-12-11-19-9-5-6-10-21(19)27)25-17-20(18-7-3-2-4-8-18)22(28)26-13-15-29-16-14-26/h2-10,20H,11-17H2,1H3,(H,24,25). The van der Waals surface area contributed by atoms with Crippen molar-refractivity contribution in [2.24, 2.45) is 4.99 Å². The minimum Gasteiger partial charge on any atom is -0.378 e. The highest BCUT2D eigenvalue weighted by atomic mass is 16.5. The second-order valence-electron chi connectivity index (χ2n) is 7.36. The lowest BCUT2D eigenvalue weighted by atomic mass is 9.97.